The molecule has 7 nitrogen and oxygen atoms in total. The first kappa shape index (κ1) is 14.0. The number of carbonyl (C=O) groups excluding carboxylic acids is 1. The van der Waals surface area contributed by atoms with Crippen LogP contribution in [-0.4, -0.2) is 29.3 Å². The highest BCUT2D eigenvalue weighted by Gasteiger charge is 2.30. The Morgan fingerprint density at radius 1 is 1.50 bits per heavy atom. The van der Waals surface area contributed by atoms with Gasteiger partial charge in [0.2, 0.25) is 6.79 Å². The van der Waals surface area contributed by atoms with Gasteiger partial charge in [-0.05, 0) is 31.5 Å². The van der Waals surface area contributed by atoms with Crippen LogP contribution in [0.1, 0.15) is 30.6 Å². The molecule has 1 unspecified atom stereocenters. The fourth-order valence-corrected chi connectivity index (χ4v) is 1.80. The summed E-state index contributed by atoms with van der Waals surface area (Å²) in [6.07, 6.45) is 0.485. The molecule has 1 aromatic carbocycles. The summed E-state index contributed by atoms with van der Waals surface area (Å²) >= 11 is 0. The molecule has 1 aliphatic heterocycles. The van der Waals surface area contributed by atoms with Gasteiger partial charge in [-0.25, -0.2) is 0 Å². The fourth-order valence-electron chi connectivity index (χ4n) is 1.80. The second kappa shape index (κ2) is 5.28. The van der Waals surface area contributed by atoms with Crippen LogP contribution in [0.15, 0.2) is 23.4 Å². The van der Waals surface area contributed by atoms with Crippen molar-refractivity contribution < 1.29 is 19.5 Å². The van der Waals surface area contributed by atoms with Crippen LogP contribution in [0, 0.1) is 0 Å². The molecule has 7 heteroatoms. The first-order chi connectivity index (χ1) is 9.50. The minimum atomic E-state index is -0.914. The van der Waals surface area contributed by atoms with Gasteiger partial charge >= 0.3 is 0 Å². The van der Waals surface area contributed by atoms with E-state index in [9.17, 15) is 4.79 Å². The molecule has 1 aliphatic rings. The van der Waals surface area contributed by atoms with Crippen molar-refractivity contribution in [1.29, 1.82) is 0 Å². The highest BCUT2D eigenvalue weighted by atomic mass is 16.7. The smallest absolute Gasteiger partial charge is 0.252 e. The monoisotopic (exact) mass is 279 g/mol. The summed E-state index contributed by atoms with van der Waals surface area (Å²) in [5.41, 5.74) is 5.12. The number of nitrogens with zero attached hydrogens (tertiary/aromatic N) is 1. The molecule has 108 valence electrons. The molecule has 1 amide bonds. The van der Waals surface area contributed by atoms with Gasteiger partial charge in [0.15, 0.2) is 17.3 Å². The number of carbonyl (C=O) groups is 1. The maximum Gasteiger partial charge on any atom is 0.252 e. The number of fused-ring (bicyclic) bond motifs is 1. The standard InChI is InChI=1S/C13H17N3O4/c1-3-13(2,12(14)16-18)15-11(17)8-4-5-9-10(6-8)20-7-19-9/h4-6,18H,3,7H2,1-2H3,(H2,14,16)(H,15,17). The predicted octanol–water partition coefficient (Wildman–Crippen LogP) is 1.06. The van der Waals surface area contributed by atoms with Crippen molar-refractivity contribution in [2.24, 2.45) is 10.9 Å². The van der Waals surface area contributed by atoms with Gasteiger partial charge in [0.1, 0.15) is 0 Å². The van der Waals surface area contributed by atoms with Gasteiger partial charge in [-0.1, -0.05) is 12.1 Å². The van der Waals surface area contributed by atoms with Crippen LogP contribution in [0.25, 0.3) is 0 Å². The third-order valence-electron chi connectivity index (χ3n) is 3.40. The van der Waals surface area contributed by atoms with Crippen LogP contribution in [-0.2, 0) is 0 Å². The summed E-state index contributed by atoms with van der Waals surface area (Å²) in [7, 11) is 0. The summed E-state index contributed by atoms with van der Waals surface area (Å²) in [5.74, 6) is 0.754. The molecule has 0 bridgehead atoms. The van der Waals surface area contributed by atoms with Gasteiger partial charge < -0.3 is 25.7 Å². The van der Waals surface area contributed by atoms with Crippen molar-refractivity contribution in [2.45, 2.75) is 25.8 Å². The number of benzene rings is 1. The Bertz CT molecular complexity index is 559. The quantitative estimate of drug-likeness (QED) is 0.331. The van der Waals surface area contributed by atoms with Crippen LogP contribution in [0.5, 0.6) is 11.5 Å². The Hall–Kier alpha value is -2.44. The lowest BCUT2D eigenvalue weighted by Crippen LogP contribution is -2.55. The van der Waals surface area contributed by atoms with Gasteiger partial charge in [0.05, 0.1) is 5.54 Å². The molecule has 0 saturated heterocycles. The van der Waals surface area contributed by atoms with E-state index in [4.69, 9.17) is 20.4 Å². The highest BCUT2D eigenvalue weighted by molar-refractivity contribution is 6.00. The van der Waals surface area contributed by atoms with Crippen LogP contribution in [0.2, 0.25) is 0 Å². The molecular formula is C13H17N3O4. The first-order valence-corrected chi connectivity index (χ1v) is 6.20. The van der Waals surface area contributed by atoms with E-state index in [0.717, 1.165) is 0 Å². The molecule has 0 fully saturated rings. The summed E-state index contributed by atoms with van der Waals surface area (Å²) in [5, 5.41) is 14.5. The van der Waals surface area contributed by atoms with Crippen molar-refractivity contribution in [3.63, 3.8) is 0 Å². The van der Waals surface area contributed by atoms with E-state index in [1.807, 2.05) is 6.92 Å². The summed E-state index contributed by atoms with van der Waals surface area (Å²) in [4.78, 5) is 12.2. The number of amidine groups is 1. The first-order valence-electron chi connectivity index (χ1n) is 6.20. The van der Waals surface area contributed by atoms with E-state index in [-0.39, 0.29) is 18.5 Å². The van der Waals surface area contributed by atoms with Crippen LogP contribution in [0.4, 0.5) is 0 Å². The van der Waals surface area contributed by atoms with Crippen molar-refractivity contribution in [3.8, 4) is 11.5 Å². The molecular weight excluding hydrogens is 262 g/mol. The highest BCUT2D eigenvalue weighted by Crippen LogP contribution is 2.32. The average Bonchev–Trinajstić information content (AvgIpc) is 2.93. The minimum Gasteiger partial charge on any atom is -0.454 e. The number of ether oxygens (including phenoxy) is 2. The lowest BCUT2D eigenvalue weighted by Gasteiger charge is -2.28. The largest absolute Gasteiger partial charge is 0.454 e. The van der Waals surface area contributed by atoms with Gasteiger partial charge in [0.25, 0.3) is 5.91 Å². The molecule has 0 radical (unpaired) electrons. The number of hydrogen-bond donors (Lipinski definition) is 3. The van der Waals surface area contributed by atoms with E-state index in [1.165, 1.54) is 0 Å². The number of rotatable bonds is 4. The molecule has 4 N–H and O–H groups in total. The van der Waals surface area contributed by atoms with E-state index >= 15 is 0 Å². The molecule has 2 rings (SSSR count). The zero-order chi connectivity index (χ0) is 14.8. The molecule has 1 atom stereocenters. The molecule has 0 aromatic heterocycles. The zero-order valence-electron chi connectivity index (χ0n) is 11.3. The SMILES string of the molecule is CCC(C)(NC(=O)c1ccc2c(c1)OCO2)/C(N)=N/O. The number of nitrogens with two attached hydrogens (primary N) is 1. The Morgan fingerprint density at radius 2 is 2.20 bits per heavy atom. The molecule has 1 heterocycles. The Morgan fingerprint density at radius 3 is 2.85 bits per heavy atom. The Labute approximate surface area is 116 Å². The average molecular weight is 279 g/mol. The minimum absolute atomic E-state index is 0.0471. The summed E-state index contributed by atoms with van der Waals surface area (Å²) in [6, 6.07) is 4.90. The Kier molecular flexibility index (Phi) is 3.69. The van der Waals surface area contributed by atoms with Gasteiger partial charge in [-0.3, -0.25) is 4.79 Å². The number of hydrogen-bond acceptors (Lipinski definition) is 5. The molecule has 20 heavy (non-hydrogen) atoms. The lowest BCUT2D eigenvalue weighted by atomic mass is 9.97. The van der Waals surface area contributed by atoms with Crippen molar-refractivity contribution >= 4 is 11.7 Å². The molecule has 1 aromatic rings. The van der Waals surface area contributed by atoms with Gasteiger partial charge in [-0.2, -0.15) is 0 Å². The van der Waals surface area contributed by atoms with Gasteiger partial charge in [0, 0.05) is 5.56 Å². The van der Waals surface area contributed by atoms with Crippen molar-refractivity contribution in [1.82, 2.24) is 5.32 Å². The third-order valence-corrected chi connectivity index (χ3v) is 3.40. The van der Waals surface area contributed by atoms with Crippen LogP contribution < -0.4 is 20.5 Å². The molecule has 0 aliphatic carbocycles. The maximum absolute atomic E-state index is 12.2. The molecule has 0 spiro atoms. The van der Waals surface area contributed by atoms with E-state index < -0.39 is 5.54 Å². The number of oxime groups is 1. The van der Waals surface area contributed by atoms with Crippen LogP contribution in [0.3, 0.4) is 0 Å². The normalized spacial score (nSPS) is 16.6. The number of nitrogens with one attached hydrogen (secondary N) is 1. The maximum atomic E-state index is 12.2. The number of amides is 1. The third kappa shape index (κ3) is 2.47. The summed E-state index contributed by atoms with van der Waals surface area (Å²) in [6.45, 7) is 3.67. The zero-order valence-corrected chi connectivity index (χ0v) is 11.3. The van der Waals surface area contributed by atoms with E-state index in [2.05, 4.69) is 10.5 Å². The second-order valence-corrected chi connectivity index (χ2v) is 4.69. The Balaban J connectivity index is 2.19. The van der Waals surface area contributed by atoms with E-state index in [0.29, 0.717) is 23.5 Å². The fraction of sp³-hybridized carbons (Fsp3) is 0.385. The second-order valence-electron chi connectivity index (χ2n) is 4.69. The lowest BCUT2D eigenvalue weighted by molar-refractivity contribution is 0.0924. The van der Waals surface area contributed by atoms with Gasteiger partial charge in [-0.15, -0.1) is 0 Å². The van der Waals surface area contributed by atoms with Crippen molar-refractivity contribution in [2.75, 3.05) is 6.79 Å². The van der Waals surface area contributed by atoms with Crippen LogP contribution >= 0.6 is 0 Å². The predicted molar refractivity (Wildman–Crippen MR) is 72.1 cm³/mol. The van der Waals surface area contributed by atoms with E-state index in [1.54, 1.807) is 25.1 Å². The van der Waals surface area contributed by atoms with Crippen molar-refractivity contribution in [3.05, 3.63) is 23.8 Å². The molecule has 0 saturated carbocycles. The summed E-state index contributed by atoms with van der Waals surface area (Å²) < 4.78 is 10.4. The topological polar surface area (TPSA) is 106 Å².